The molecule has 1 fully saturated rings. The zero-order valence-corrected chi connectivity index (χ0v) is 15.0. The van der Waals surface area contributed by atoms with E-state index in [4.69, 9.17) is 9.47 Å². The third-order valence-corrected chi connectivity index (χ3v) is 4.30. The van der Waals surface area contributed by atoms with E-state index in [1.54, 1.807) is 36.4 Å². The van der Waals surface area contributed by atoms with Gasteiger partial charge in [0.25, 0.3) is 5.91 Å². The molecule has 1 aliphatic heterocycles. The van der Waals surface area contributed by atoms with Crippen LogP contribution in [0.3, 0.4) is 0 Å². The predicted molar refractivity (Wildman–Crippen MR) is 102 cm³/mol. The molecule has 8 heteroatoms. The standard InChI is InChI=1S/C20H19N3O5/c24-18(21-13-4-5-13)12-2-1-3-14(10-12)22-19(25)20(26)23-15-6-7-16-17(11-15)28-9-8-27-16/h1-3,6-7,10-11,13H,4-5,8-9H2,(H,21,24)(H,22,25)(H,23,26). The van der Waals surface area contributed by atoms with Crippen LogP contribution < -0.4 is 25.4 Å². The number of hydrogen-bond acceptors (Lipinski definition) is 5. The van der Waals surface area contributed by atoms with Gasteiger partial charge in [0.15, 0.2) is 11.5 Å². The molecule has 1 saturated carbocycles. The van der Waals surface area contributed by atoms with Gasteiger partial charge >= 0.3 is 11.8 Å². The van der Waals surface area contributed by atoms with Gasteiger partial charge in [0, 0.05) is 29.0 Å². The highest BCUT2D eigenvalue weighted by molar-refractivity contribution is 6.43. The first-order valence-electron chi connectivity index (χ1n) is 9.01. The van der Waals surface area contributed by atoms with E-state index < -0.39 is 11.8 Å². The van der Waals surface area contributed by atoms with Crippen molar-refractivity contribution in [3.05, 3.63) is 48.0 Å². The number of amides is 3. The van der Waals surface area contributed by atoms with Crippen molar-refractivity contribution in [3.63, 3.8) is 0 Å². The third kappa shape index (κ3) is 4.22. The minimum atomic E-state index is -0.838. The fourth-order valence-electron chi connectivity index (χ4n) is 2.73. The Hall–Kier alpha value is -3.55. The minimum absolute atomic E-state index is 0.195. The van der Waals surface area contributed by atoms with Crippen LogP contribution in [0.4, 0.5) is 11.4 Å². The minimum Gasteiger partial charge on any atom is -0.486 e. The molecule has 8 nitrogen and oxygen atoms in total. The molecule has 144 valence electrons. The molecule has 2 aromatic rings. The van der Waals surface area contributed by atoms with Crippen LogP contribution in [0.15, 0.2) is 42.5 Å². The van der Waals surface area contributed by atoms with Crippen molar-refractivity contribution in [1.29, 1.82) is 0 Å². The lowest BCUT2D eigenvalue weighted by Gasteiger charge is -2.18. The van der Waals surface area contributed by atoms with Crippen molar-refractivity contribution in [2.24, 2.45) is 0 Å². The van der Waals surface area contributed by atoms with Gasteiger partial charge in [-0.05, 0) is 43.2 Å². The number of carbonyl (C=O) groups is 3. The van der Waals surface area contributed by atoms with E-state index in [2.05, 4.69) is 16.0 Å². The topological polar surface area (TPSA) is 106 Å². The van der Waals surface area contributed by atoms with Crippen molar-refractivity contribution in [3.8, 4) is 11.5 Å². The largest absolute Gasteiger partial charge is 0.486 e. The highest BCUT2D eigenvalue weighted by atomic mass is 16.6. The third-order valence-electron chi connectivity index (χ3n) is 4.30. The van der Waals surface area contributed by atoms with E-state index in [0.29, 0.717) is 41.7 Å². The quantitative estimate of drug-likeness (QED) is 0.702. The zero-order valence-electron chi connectivity index (χ0n) is 15.0. The summed E-state index contributed by atoms with van der Waals surface area (Å²) in [6.45, 7) is 0.897. The first kappa shape index (κ1) is 17.8. The Balaban J connectivity index is 1.38. The van der Waals surface area contributed by atoms with Crippen LogP contribution in [0.5, 0.6) is 11.5 Å². The maximum atomic E-state index is 12.2. The number of fused-ring (bicyclic) bond motifs is 1. The lowest BCUT2D eigenvalue weighted by atomic mass is 10.2. The molecule has 0 spiro atoms. The summed E-state index contributed by atoms with van der Waals surface area (Å²) in [7, 11) is 0. The number of hydrogen-bond donors (Lipinski definition) is 3. The van der Waals surface area contributed by atoms with Crippen LogP contribution in [-0.2, 0) is 9.59 Å². The van der Waals surface area contributed by atoms with E-state index in [1.165, 1.54) is 6.07 Å². The molecule has 0 aromatic heterocycles. The van der Waals surface area contributed by atoms with Crippen LogP contribution in [0.1, 0.15) is 23.2 Å². The molecule has 4 rings (SSSR count). The lowest BCUT2D eigenvalue weighted by molar-refractivity contribution is -0.133. The smallest absolute Gasteiger partial charge is 0.314 e. The highest BCUT2D eigenvalue weighted by Crippen LogP contribution is 2.32. The maximum absolute atomic E-state index is 12.2. The van der Waals surface area contributed by atoms with E-state index in [0.717, 1.165) is 12.8 Å². The number of ether oxygens (including phenoxy) is 2. The van der Waals surface area contributed by atoms with Crippen LogP contribution in [-0.4, -0.2) is 37.0 Å². The summed E-state index contributed by atoms with van der Waals surface area (Å²) in [6.07, 6.45) is 1.98. The van der Waals surface area contributed by atoms with Crippen LogP contribution in [0.25, 0.3) is 0 Å². The van der Waals surface area contributed by atoms with Gasteiger partial charge in [-0.3, -0.25) is 14.4 Å². The molecule has 2 aliphatic rings. The van der Waals surface area contributed by atoms with Crippen LogP contribution in [0, 0.1) is 0 Å². The van der Waals surface area contributed by atoms with Gasteiger partial charge < -0.3 is 25.4 Å². The summed E-state index contributed by atoms with van der Waals surface area (Å²) in [5.41, 5.74) is 1.21. The average Bonchev–Trinajstić information content (AvgIpc) is 3.52. The van der Waals surface area contributed by atoms with E-state index in [9.17, 15) is 14.4 Å². The van der Waals surface area contributed by atoms with Gasteiger partial charge in [-0.25, -0.2) is 0 Å². The fraction of sp³-hybridized carbons (Fsp3) is 0.250. The molecule has 0 saturated heterocycles. The first-order chi connectivity index (χ1) is 13.6. The van der Waals surface area contributed by atoms with E-state index in [1.807, 2.05) is 0 Å². The average molecular weight is 381 g/mol. The van der Waals surface area contributed by atoms with E-state index in [-0.39, 0.29) is 11.9 Å². The normalized spacial score (nSPS) is 14.7. The second-order valence-corrected chi connectivity index (χ2v) is 6.60. The molecule has 1 aliphatic carbocycles. The summed E-state index contributed by atoms with van der Waals surface area (Å²) >= 11 is 0. The van der Waals surface area contributed by atoms with Gasteiger partial charge in [0.2, 0.25) is 0 Å². The van der Waals surface area contributed by atoms with Crippen molar-refractivity contribution in [2.75, 3.05) is 23.8 Å². The predicted octanol–water partition coefficient (Wildman–Crippen LogP) is 1.93. The molecule has 0 atom stereocenters. The zero-order chi connectivity index (χ0) is 19.5. The second kappa shape index (κ2) is 7.59. The number of rotatable bonds is 4. The van der Waals surface area contributed by atoms with Gasteiger partial charge in [0.05, 0.1) is 0 Å². The number of nitrogens with one attached hydrogen (secondary N) is 3. The maximum Gasteiger partial charge on any atom is 0.314 e. The molecule has 3 N–H and O–H groups in total. The van der Waals surface area contributed by atoms with Gasteiger partial charge in [-0.1, -0.05) is 6.07 Å². The SMILES string of the molecule is O=C(Nc1cccc(C(=O)NC2CC2)c1)C(=O)Nc1ccc2c(c1)OCCO2. The Labute approximate surface area is 161 Å². The Morgan fingerprint density at radius 2 is 1.50 bits per heavy atom. The Kier molecular flexibility index (Phi) is 4.84. The van der Waals surface area contributed by atoms with Gasteiger partial charge in [-0.15, -0.1) is 0 Å². The van der Waals surface area contributed by atoms with E-state index >= 15 is 0 Å². The first-order valence-corrected chi connectivity index (χ1v) is 9.01. The van der Waals surface area contributed by atoms with Crippen molar-refractivity contribution in [2.45, 2.75) is 18.9 Å². The summed E-state index contributed by atoms with van der Waals surface area (Å²) in [6, 6.07) is 11.6. The monoisotopic (exact) mass is 381 g/mol. The highest BCUT2D eigenvalue weighted by Gasteiger charge is 2.24. The molecule has 2 aromatic carbocycles. The fourth-order valence-corrected chi connectivity index (χ4v) is 2.73. The molecule has 3 amide bonds. The van der Waals surface area contributed by atoms with Crippen molar-refractivity contribution in [1.82, 2.24) is 5.32 Å². The van der Waals surface area contributed by atoms with Gasteiger partial charge in [0.1, 0.15) is 13.2 Å². The van der Waals surface area contributed by atoms with Crippen LogP contribution in [0.2, 0.25) is 0 Å². The Morgan fingerprint density at radius 1 is 0.821 bits per heavy atom. The lowest BCUT2D eigenvalue weighted by Crippen LogP contribution is -2.29. The molecule has 0 bridgehead atoms. The molecule has 0 unspecified atom stereocenters. The van der Waals surface area contributed by atoms with Crippen LogP contribution >= 0.6 is 0 Å². The molecule has 28 heavy (non-hydrogen) atoms. The van der Waals surface area contributed by atoms with Crippen molar-refractivity contribution >= 4 is 29.1 Å². The number of benzene rings is 2. The Morgan fingerprint density at radius 3 is 2.21 bits per heavy atom. The summed E-state index contributed by atoms with van der Waals surface area (Å²) < 4.78 is 10.9. The molecular weight excluding hydrogens is 362 g/mol. The molecule has 0 radical (unpaired) electrons. The summed E-state index contributed by atoms with van der Waals surface area (Å²) in [5.74, 6) is -0.757. The number of anilines is 2. The summed E-state index contributed by atoms with van der Waals surface area (Å²) in [4.78, 5) is 36.5. The Bertz CT molecular complexity index is 939. The van der Waals surface area contributed by atoms with Crippen molar-refractivity contribution < 1.29 is 23.9 Å². The number of carbonyl (C=O) groups excluding carboxylic acids is 3. The molecule has 1 heterocycles. The van der Waals surface area contributed by atoms with Gasteiger partial charge in [-0.2, -0.15) is 0 Å². The second-order valence-electron chi connectivity index (χ2n) is 6.60. The summed E-state index contributed by atoms with van der Waals surface area (Å²) in [5, 5.41) is 7.90. The molecular formula is C20H19N3O5.